The quantitative estimate of drug-likeness (QED) is 0.875. The summed E-state index contributed by atoms with van der Waals surface area (Å²) < 4.78 is 13.7. The van der Waals surface area contributed by atoms with E-state index in [-0.39, 0.29) is 11.2 Å². The highest BCUT2D eigenvalue weighted by atomic mass is 19.1. The molecule has 2 aromatic rings. The van der Waals surface area contributed by atoms with E-state index < -0.39 is 0 Å². The lowest BCUT2D eigenvalue weighted by Crippen LogP contribution is -2.30. The predicted octanol–water partition coefficient (Wildman–Crippen LogP) is 2.73. The Morgan fingerprint density at radius 3 is 3.00 bits per heavy atom. The molecule has 18 heavy (non-hydrogen) atoms. The van der Waals surface area contributed by atoms with Crippen LogP contribution in [0.25, 0.3) is 11.0 Å². The number of fused-ring (bicyclic) bond motifs is 1. The number of hydrogen-bond donors (Lipinski definition) is 2. The van der Waals surface area contributed by atoms with Crippen LogP contribution in [0.1, 0.15) is 32.0 Å². The maximum Gasteiger partial charge on any atom is 0.151 e. The Balaban J connectivity index is 2.09. The SMILES string of the molecule is CCCC1(c2nc3c(F)cccc3[nH]2)CCNC1. The molecule has 1 saturated heterocycles. The highest BCUT2D eigenvalue weighted by Gasteiger charge is 2.37. The van der Waals surface area contributed by atoms with Crippen molar-refractivity contribution >= 4 is 11.0 Å². The van der Waals surface area contributed by atoms with Gasteiger partial charge >= 0.3 is 0 Å². The molecule has 0 amide bonds. The summed E-state index contributed by atoms with van der Waals surface area (Å²) in [6.45, 7) is 4.13. The van der Waals surface area contributed by atoms with E-state index in [4.69, 9.17) is 0 Å². The van der Waals surface area contributed by atoms with Crippen LogP contribution in [0.2, 0.25) is 0 Å². The monoisotopic (exact) mass is 247 g/mol. The van der Waals surface area contributed by atoms with Crippen molar-refractivity contribution < 1.29 is 4.39 Å². The third kappa shape index (κ3) is 1.72. The van der Waals surface area contributed by atoms with Gasteiger partial charge in [-0.25, -0.2) is 9.37 Å². The number of halogens is 1. The highest BCUT2D eigenvalue weighted by Crippen LogP contribution is 2.34. The van der Waals surface area contributed by atoms with Crippen molar-refractivity contribution in [3.63, 3.8) is 0 Å². The van der Waals surface area contributed by atoms with Gasteiger partial charge in [0, 0.05) is 12.0 Å². The third-order valence-electron chi connectivity index (χ3n) is 3.94. The number of aromatic amines is 1. The normalized spacial score (nSPS) is 23.9. The Morgan fingerprint density at radius 1 is 1.44 bits per heavy atom. The molecular weight excluding hydrogens is 229 g/mol. The molecule has 0 saturated carbocycles. The maximum absolute atomic E-state index is 13.7. The molecule has 96 valence electrons. The average molecular weight is 247 g/mol. The van der Waals surface area contributed by atoms with E-state index in [1.54, 1.807) is 6.07 Å². The van der Waals surface area contributed by atoms with Crippen LogP contribution in [0, 0.1) is 5.82 Å². The molecular formula is C14H18FN3. The van der Waals surface area contributed by atoms with Gasteiger partial charge in [-0.15, -0.1) is 0 Å². The molecule has 4 heteroatoms. The summed E-state index contributed by atoms with van der Waals surface area (Å²) in [7, 11) is 0. The minimum Gasteiger partial charge on any atom is -0.341 e. The molecule has 2 heterocycles. The zero-order valence-electron chi connectivity index (χ0n) is 10.6. The van der Waals surface area contributed by atoms with Gasteiger partial charge in [0.15, 0.2) is 5.82 Å². The molecule has 0 bridgehead atoms. The lowest BCUT2D eigenvalue weighted by molar-refractivity contribution is 0.406. The van der Waals surface area contributed by atoms with Gasteiger partial charge in [0.05, 0.1) is 5.52 Å². The van der Waals surface area contributed by atoms with E-state index in [0.29, 0.717) is 5.52 Å². The molecule has 1 aromatic carbocycles. The molecule has 0 aliphatic carbocycles. The summed E-state index contributed by atoms with van der Waals surface area (Å²) in [6.07, 6.45) is 3.27. The molecule has 1 unspecified atom stereocenters. The highest BCUT2D eigenvalue weighted by molar-refractivity contribution is 5.75. The molecule has 1 atom stereocenters. The predicted molar refractivity (Wildman–Crippen MR) is 70.1 cm³/mol. The zero-order chi connectivity index (χ0) is 12.6. The number of rotatable bonds is 3. The first-order valence-corrected chi connectivity index (χ1v) is 6.61. The number of imidazole rings is 1. The molecule has 0 radical (unpaired) electrons. The van der Waals surface area contributed by atoms with Crippen LogP contribution in [-0.4, -0.2) is 23.1 Å². The van der Waals surface area contributed by atoms with Crippen LogP contribution in [-0.2, 0) is 5.41 Å². The van der Waals surface area contributed by atoms with Gasteiger partial charge in [-0.1, -0.05) is 19.4 Å². The second kappa shape index (κ2) is 4.35. The fraction of sp³-hybridized carbons (Fsp3) is 0.500. The largest absolute Gasteiger partial charge is 0.341 e. The van der Waals surface area contributed by atoms with E-state index in [9.17, 15) is 4.39 Å². The second-order valence-corrected chi connectivity index (χ2v) is 5.18. The topological polar surface area (TPSA) is 40.7 Å². The molecule has 2 N–H and O–H groups in total. The summed E-state index contributed by atoms with van der Waals surface area (Å²) in [5.74, 6) is 0.696. The number of para-hydroxylation sites is 1. The smallest absolute Gasteiger partial charge is 0.151 e. The van der Waals surface area contributed by atoms with Gasteiger partial charge in [-0.05, 0) is 31.5 Å². The Bertz CT molecular complexity index is 555. The summed E-state index contributed by atoms with van der Waals surface area (Å²) >= 11 is 0. The summed E-state index contributed by atoms with van der Waals surface area (Å²) in [5.41, 5.74) is 1.32. The van der Waals surface area contributed by atoms with Crippen molar-refractivity contribution in [3.8, 4) is 0 Å². The van der Waals surface area contributed by atoms with Crippen molar-refractivity contribution in [3.05, 3.63) is 29.8 Å². The van der Waals surface area contributed by atoms with Gasteiger partial charge in [-0.2, -0.15) is 0 Å². The van der Waals surface area contributed by atoms with Crippen LogP contribution >= 0.6 is 0 Å². The minimum absolute atomic E-state index is 0.0558. The molecule has 1 aromatic heterocycles. The second-order valence-electron chi connectivity index (χ2n) is 5.18. The van der Waals surface area contributed by atoms with Gasteiger partial charge < -0.3 is 10.3 Å². The number of nitrogens with one attached hydrogen (secondary N) is 2. The summed E-state index contributed by atoms with van der Waals surface area (Å²) in [4.78, 5) is 7.83. The van der Waals surface area contributed by atoms with Crippen LogP contribution in [0.4, 0.5) is 4.39 Å². The van der Waals surface area contributed by atoms with Gasteiger partial charge in [0.25, 0.3) is 0 Å². The fourth-order valence-electron chi connectivity index (χ4n) is 3.00. The first-order valence-electron chi connectivity index (χ1n) is 6.61. The van der Waals surface area contributed by atoms with Crippen LogP contribution < -0.4 is 5.32 Å². The van der Waals surface area contributed by atoms with Crippen LogP contribution in [0.15, 0.2) is 18.2 Å². The molecule has 0 spiro atoms. The van der Waals surface area contributed by atoms with Gasteiger partial charge in [-0.3, -0.25) is 0 Å². The first-order chi connectivity index (χ1) is 8.75. The van der Waals surface area contributed by atoms with E-state index in [1.807, 2.05) is 6.07 Å². The molecule has 1 aliphatic rings. The van der Waals surface area contributed by atoms with Crippen LogP contribution in [0.3, 0.4) is 0 Å². The lowest BCUT2D eigenvalue weighted by Gasteiger charge is -2.25. The number of aromatic nitrogens is 2. The van der Waals surface area contributed by atoms with Crippen LogP contribution in [0.5, 0.6) is 0 Å². The Kier molecular flexibility index (Phi) is 2.82. The Hall–Kier alpha value is -1.42. The lowest BCUT2D eigenvalue weighted by atomic mass is 9.82. The molecule has 1 aliphatic heterocycles. The summed E-state index contributed by atoms with van der Waals surface area (Å²) in [6, 6.07) is 5.07. The van der Waals surface area contributed by atoms with E-state index >= 15 is 0 Å². The van der Waals surface area contributed by atoms with E-state index in [1.165, 1.54) is 6.07 Å². The van der Waals surface area contributed by atoms with Crippen molar-refractivity contribution in [2.24, 2.45) is 0 Å². The Labute approximate surface area is 106 Å². The van der Waals surface area contributed by atoms with E-state index in [0.717, 1.165) is 43.7 Å². The number of nitrogens with zero attached hydrogens (tertiary/aromatic N) is 1. The fourth-order valence-corrected chi connectivity index (χ4v) is 3.00. The standard InChI is InChI=1S/C14H18FN3/c1-2-6-14(7-8-16-9-14)13-17-11-5-3-4-10(15)12(11)18-13/h3-5,16H,2,6-9H2,1H3,(H,17,18). The maximum atomic E-state index is 13.7. The number of hydrogen-bond acceptors (Lipinski definition) is 2. The number of H-pyrrole nitrogens is 1. The van der Waals surface area contributed by atoms with Gasteiger partial charge in [0.1, 0.15) is 11.3 Å². The van der Waals surface area contributed by atoms with E-state index in [2.05, 4.69) is 22.2 Å². The Morgan fingerprint density at radius 2 is 2.33 bits per heavy atom. The average Bonchev–Trinajstić information content (AvgIpc) is 2.97. The third-order valence-corrected chi connectivity index (χ3v) is 3.94. The molecule has 3 rings (SSSR count). The minimum atomic E-state index is -0.243. The van der Waals surface area contributed by atoms with Crippen molar-refractivity contribution in [1.82, 2.24) is 15.3 Å². The van der Waals surface area contributed by atoms with Gasteiger partial charge in [0.2, 0.25) is 0 Å². The first kappa shape index (κ1) is 11.7. The molecule has 3 nitrogen and oxygen atoms in total. The van der Waals surface area contributed by atoms with Crippen molar-refractivity contribution in [2.75, 3.05) is 13.1 Å². The van der Waals surface area contributed by atoms with Crippen molar-refractivity contribution in [1.29, 1.82) is 0 Å². The molecule has 1 fully saturated rings. The summed E-state index contributed by atoms with van der Waals surface area (Å²) in [5, 5.41) is 3.40. The number of benzene rings is 1. The zero-order valence-corrected chi connectivity index (χ0v) is 10.6. The van der Waals surface area contributed by atoms with Crippen molar-refractivity contribution in [2.45, 2.75) is 31.6 Å².